The van der Waals surface area contributed by atoms with Crippen LogP contribution in [-0.2, 0) is 9.53 Å². The molecular formula is C15H27NO2. The molecule has 0 aliphatic carbocycles. The Hall–Kier alpha value is -0.570. The molecule has 0 aromatic rings. The van der Waals surface area contributed by atoms with Gasteiger partial charge in [0.15, 0.2) is 0 Å². The predicted molar refractivity (Wildman–Crippen MR) is 72.3 cm³/mol. The molecule has 2 fully saturated rings. The van der Waals surface area contributed by atoms with Gasteiger partial charge in [0.2, 0.25) is 5.91 Å². The van der Waals surface area contributed by atoms with Gasteiger partial charge in [-0.25, -0.2) is 0 Å². The maximum Gasteiger partial charge on any atom is 0.225 e. The van der Waals surface area contributed by atoms with Crippen molar-refractivity contribution in [3.8, 4) is 0 Å². The van der Waals surface area contributed by atoms with Crippen molar-refractivity contribution in [2.45, 2.75) is 46.5 Å². The minimum absolute atomic E-state index is 0.220. The third-order valence-corrected chi connectivity index (χ3v) is 4.53. The van der Waals surface area contributed by atoms with Crippen molar-refractivity contribution in [2.24, 2.45) is 17.3 Å². The maximum absolute atomic E-state index is 12.5. The van der Waals surface area contributed by atoms with Gasteiger partial charge in [-0.1, -0.05) is 20.8 Å². The molecule has 2 aliphatic rings. The first-order valence-corrected chi connectivity index (χ1v) is 7.35. The Bertz CT molecular complexity index is 289. The summed E-state index contributed by atoms with van der Waals surface area (Å²) in [5.41, 5.74) is 0.314. The number of amides is 1. The third-order valence-electron chi connectivity index (χ3n) is 4.53. The van der Waals surface area contributed by atoms with Gasteiger partial charge in [-0.15, -0.1) is 0 Å². The van der Waals surface area contributed by atoms with Crippen molar-refractivity contribution in [3.05, 3.63) is 0 Å². The molecule has 0 aromatic carbocycles. The van der Waals surface area contributed by atoms with Gasteiger partial charge in [-0.05, 0) is 37.0 Å². The molecule has 0 spiro atoms. The summed E-state index contributed by atoms with van der Waals surface area (Å²) in [6.45, 7) is 10.3. The molecule has 0 saturated carbocycles. The van der Waals surface area contributed by atoms with Crippen molar-refractivity contribution >= 4 is 5.91 Å². The molecule has 0 aromatic heterocycles. The highest BCUT2D eigenvalue weighted by atomic mass is 16.5. The molecule has 3 heteroatoms. The van der Waals surface area contributed by atoms with Gasteiger partial charge in [0.05, 0.1) is 0 Å². The van der Waals surface area contributed by atoms with Crippen LogP contribution in [0.1, 0.15) is 46.5 Å². The minimum Gasteiger partial charge on any atom is -0.381 e. The number of hydrogen-bond acceptors (Lipinski definition) is 2. The molecule has 0 N–H and O–H groups in total. The van der Waals surface area contributed by atoms with Crippen LogP contribution in [-0.4, -0.2) is 37.1 Å². The number of hydrogen-bond donors (Lipinski definition) is 0. The molecule has 2 saturated heterocycles. The van der Waals surface area contributed by atoms with Gasteiger partial charge in [0.1, 0.15) is 0 Å². The smallest absolute Gasteiger partial charge is 0.225 e. The summed E-state index contributed by atoms with van der Waals surface area (Å²) in [6, 6.07) is 0. The van der Waals surface area contributed by atoms with E-state index < -0.39 is 0 Å². The fourth-order valence-corrected chi connectivity index (χ4v) is 3.09. The van der Waals surface area contributed by atoms with E-state index in [0.29, 0.717) is 17.2 Å². The SMILES string of the molecule is CC(C)(C)[C@@H]1CCCN(C(=O)C2CCOCC2)C1. The fraction of sp³-hybridized carbons (Fsp3) is 0.933. The Morgan fingerprint density at radius 1 is 1.17 bits per heavy atom. The number of ether oxygens (including phenoxy) is 1. The monoisotopic (exact) mass is 253 g/mol. The molecule has 2 rings (SSSR count). The molecule has 0 unspecified atom stereocenters. The lowest BCUT2D eigenvalue weighted by molar-refractivity contribution is -0.141. The van der Waals surface area contributed by atoms with Crippen LogP contribution in [0.4, 0.5) is 0 Å². The van der Waals surface area contributed by atoms with E-state index in [1.807, 2.05) is 0 Å². The first-order chi connectivity index (χ1) is 8.48. The summed E-state index contributed by atoms with van der Waals surface area (Å²) >= 11 is 0. The molecular weight excluding hydrogens is 226 g/mol. The molecule has 104 valence electrons. The Balaban J connectivity index is 1.93. The highest BCUT2D eigenvalue weighted by molar-refractivity contribution is 5.79. The average molecular weight is 253 g/mol. The second kappa shape index (κ2) is 5.60. The average Bonchev–Trinajstić information content (AvgIpc) is 2.38. The van der Waals surface area contributed by atoms with E-state index in [9.17, 15) is 4.79 Å². The van der Waals surface area contributed by atoms with E-state index in [0.717, 1.165) is 45.6 Å². The van der Waals surface area contributed by atoms with Crippen LogP contribution in [0.15, 0.2) is 0 Å². The first kappa shape index (κ1) is 13.9. The zero-order valence-corrected chi connectivity index (χ0v) is 12.1. The second-order valence-electron chi connectivity index (χ2n) is 6.88. The van der Waals surface area contributed by atoms with Gasteiger partial charge in [-0.3, -0.25) is 4.79 Å². The third kappa shape index (κ3) is 3.25. The van der Waals surface area contributed by atoms with Crippen LogP contribution in [0.3, 0.4) is 0 Å². The zero-order chi connectivity index (χ0) is 13.2. The molecule has 2 heterocycles. The van der Waals surface area contributed by atoms with E-state index >= 15 is 0 Å². The molecule has 0 radical (unpaired) electrons. The number of piperidine rings is 1. The Morgan fingerprint density at radius 2 is 1.83 bits per heavy atom. The number of carbonyl (C=O) groups excluding carboxylic acids is 1. The van der Waals surface area contributed by atoms with E-state index in [1.165, 1.54) is 6.42 Å². The van der Waals surface area contributed by atoms with E-state index in [4.69, 9.17) is 4.74 Å². The largest absolute Gasteiger partial charge is 0.381 e. The van der Waals surface area contributed by atoms with E-state index in [1.54, 1.807) is 0 Å². The predicted octanol–water partition coefficient (Wildman–Crippen LogP) is 2.70. The minimum atomic E-state index is 0.220. The molecule has 3 nitrogen and oxygen atoms in total. The summed E-state index contributed by atoms with van der Waals surface area (Å²) in [4.78, 5) is 14.6. The first-order valence-electron chi connectivity index (χ1n) is 7.35. The van der Waals surface area contributed by atoms with E-state index in [-0.39, 0.29) is 5.92 Å². The van der Waals surface area contributed by atoms with Crippen LogP contribution in [0.25, 0.3) is 0 Å². The van der Waals surface area contributed by atoms with Gasteiger partial charge < -0.3 is 9.64 Å². The topological polar surface area (TPSA) is 29.5 Å². The van der Waals surface area contributed by atoms with Crippen molar-refractivity contribution < 1.29 is 9.53 Å². The highest BCUT2D eigenvalue weighted by Crippen LogP contribution is 2.34. The fourth-order valence-electron chi connectivity index (χ4n) is 3.09. The second-order valence-corrected chi connectivity index (χ2v) is 6.88. The molecule has 2 aliphatic heterocycles. The van der Waals surface area contributed by atoms with Crippen molar-refractivity contribution in [1.29, 1.82) is 0 Å². The maximum atomic E-state index is 12.5. The number of nitrogens with zero attached hydrogens (tertiary/aromatic N) is 1. The quantitative estimate of drug-likeness (QED) is 0.719. The molecule has 18 heavy (non-hydrogen) atoms. The van der Waals surface area contributed by atoms with Crippen molar-refractivity contribution in [1.82, 2.24) is 4.90 Å². The Kier molecular flexibility index (Phi) is 4.31. The number of carbonyl (C=O) groups is 1. The lowest BCUT2D eigenvalue weighted by atomic mass is 9.76. The normalized spacial score (nSPS) is 27.3. The number of rotatable bonds is 1. The van der Waals surface area contributed by atoms with Crippen LogP contribution in [0.5, 0.6) is 0 Å². The molecule has 0 bridgehead atoms. The van der Waals surface area contributed by atoms with Gasteiger partial charge in [0.25, 0.3) is 0 Å². The van der Waals surface area contributed by atoms with Crippen LogP contribution in [0, 0.1) is 17.3 Å². The van der Waals surface area contributed by atoms with Crippen molar-refractivity contribution in [3.63, 3.8) is 0 Å². The lowest BCUT2D eigenvalue weighted by Gasteiger charge is -2.41. The molecule has 1 amide bonds. The number of likely N-dealkylation sites (tertiary alicyclic amines) is 1. The summed E-state index contributed by atoms with van der Waals surface area (Å²) in [6.07, 6.45) is 4.25. The van der Waals surface area contributed by atoms with Crippen LogP contribution in [0.2, 0.25) is 0 Å². The lowest BCUT2D eigenvalue weighted by Crippen LogP contribution is -2.46. The van der Waals surface area contributed by atoms with Gasteiger partial charge in [-0.2, -0.15) is 0 Å². The zero-order valence-electron chi connectivity index (χ0n) is 12.1. The summed E-state index contributed by atoms with van der Waals surface area (Å²) in [7, 11) is 0. The van der Waals surface area contributed by atoms with Crippen LogP contribution >= 0.6 is 0 Å². The van der Waals surface area contributed by atoms with Crippen LogP contribution < -0.4 is 0 Å². The highest BCUT2D eigenvalue weighted by Gasteiger charge is 2.34. The van der Waals surface area contributed by atoms with Crippen molar-refractivity contribution in [2.75, 3.05) is 26.3 Å². The van der Waals surface area contributed by atoms with E-state index in [2.05, 4.69) is 25.7 Å². The van der Waals surface area contributed by atoms with Gasteiger partial charge in [0, 0.05) is 32.2 Å². The summed E-state index contributed by atoms with van der Waals surface area (Å²) < 4.78 is 5.34. The van der Waals surface area contributed by atoms with Gasteiger partial charge >= 0.3 is 0 Å². The molecule has 1 atom stereocenters. The standard InChI is InChI=1S/C15H27NO2/c1-15(2,3)13-5-4-8-16(11-13)14(17)12-6-9-18-10-7-12/h12-13H,4-11H2,1-3H3/t13-/m1/s1. The summed E-state index contributed by atoms with van der Waals surface area (Å²) in [5, 5.41) is 0. The summed E-state index contributed by atoms with van der Waals surface area (Å²) in [5.74, 6) is 1.25. The Morgan fingerprint density at radius 3 is 2.44 bits per heavy atom. The Labute approximate surface area is 111 Å².